The zero-order valence-corrected chi connectivity index (χ0v) is 8.31. The van der Waals surface area contributed by atoms with Crippen LogP contribution in [0.3, 0.4) is 0 Å². The highest BCUT2D eigenvalue weighted by Crippen LogP contribution is 2.34. The molecule has 1 saturated heterocycles. The number of thioether (sulfide) groups is 1. The molecule has 0 aliphatic carbocycles. The molecule has 1 aliphatic rings. The average Bonchev–Trinajstić information content (AvgIpc) is 2.10. The fraction of sp³-hybridized carbons (Fsp3) is 0.333. The van der Waals surface area contributed by atoms with Gasteiger partial charge in [-0.15, -0.1) is 11.8 Å². The first-order chi connectivity index (χ1) is 6.68. The lowest BCUT2D eigenvalue weighted by Gasteiger charge is -2.25. The quantitative estimate of drug-likeness (QED) is 0.732. The van der Waals surface area contributed by atoms with Crippen molar-refractivity contribution in [2.24, 2.45) is 0 Å². The van der Waals surface area contributed by atoms with Gasteiger partial charge in [0.15, 0.2) is 5.82 Å². The Morgan fingerprint density at radius 3 is 2.64 bits per heavy atom. The van der Waals surface area contributed by atoms with Crippen LogP contribution in [0, 0.1) is 5.82 Å². The van der Waals surface area contributed by atoms with Crippen molar-refractivity contribution in [3.8, 4) is 0 Å². The van der Waals surface area contributed by atoms with Crippen molar-refractivity contribution >= 4 is 23.1 Å². The summed E-state index contributed by atoms with van der Waals surface area (Å²) in [5.41, 5.74) is 11.3. The molecule has 0 spiro atoms. The van der Waals surface area contributed by atoms with Crippen LogP contribution in [-0.4, -0.2) is 18.5 Å². The Labute approximate surface area is 85.6 Å². The number of anilines is 2. The molecule has 0 bridgehead atoms. The maximum absolute atomic E-state index is 13.5. The van der Waals surface area contributed by atoms with E-state index in [0.29, 0.717) is 23.4 Å². The van der Waals surface area contributed by atoms with Gasteiger partial charge in [-0.3, -0.25) is 0 Å². The first-order valence-electron chi connectivity index (χ1n) is 4.26. The summed E-state index contributed by atoms with van der Waals surface area (Å²) in [4.78, 5) is 0.546. The van der Waals surface area contributed by atoms with E-state index in [1.807, 2.05) is 0 Å². The molecule has 76 valence electrons. The third-order valence-corrected chi connectivity index (χ3v) is 3.25. The maximum Gasteiger partial charge on any atom is 0.161 e. The fourth-order valence-electron chi connectivity index (χ4n) is 1.14. The standard InChI is InChI=1S/C9H11FN2OS/c10-8-7(14-5-3-13-4-5)2-1-6(11)9(8)12/h1-2,5H,3-4,11-12H2. The molecule has 1 aromatic rings. The summed E-state index contributed by atoms with van der Waals surface area (Å²) >= 11 is 1.44. The van der Waals surface area contributed by atoms with Crippen molar-refractivity contribution in [3.63, 3.8) is 0 Å². The van der Waals surface area contributed by atoms with Crippen molar-refractivity contribution < 1.29 is 9.13 Å². The van der Waals surface area contributed by atoms with Crippen molar-refractivity contribution in [2.45, 2.75) is 10.1 Å². The van der Waals surface area contributed by atoms with Crippen LogP contribution in [0.15, 0.2) is 17.0 Å². The molecule has 0 unspecified atom stereocenters. The third-order valence-electron chi connectivity index (χ3n) is 2.08. The monoisotopic (exact) mass is 214 g/mol. The van der Waals surface area contributed by atoms with Crippen molar-refractivity contribution in [1.82, 2.24) is 0 Å². The highest BCUT2D eigenvalue weighted by Gasteiger charge is 2.21. The second kappa shape index (κ2) is 3.67. The molecular formula is C9H11FN2OS. The van der Waals surface area contributed by atoms with Gasteiger partial charge >= 0.3 is 0 Å². The predicted molar refractivity (Wildman–Crippen MR) is 55.7 cm³/mol. The summed E-state index contributed by atoms with van der Waals surface area (Å²) in [6, 6.07) is 3.28. The van der Waals surface area contributed by atoms with E-state index in [0.717, 1.165) is 0 Å². The molecule has 2 rings (SSSR count). The van der Waals surface area contributed by atoms with Crippen LogP contribution in [0.4, 0.5) is 15.8 Å². The minimum absolute atomic E-state index is 0.0373. The SMILES string of the molecule is Nc1ccc(SC2COC2)c(F)c1N. The largest absolute Gasteiger partial charge is 0.397 e. The number of halogens is 1. The Balaban J connectivity index is 2.20. The van der Waals surface area contributed by atoms with Crippen molar-refractivity contribution in [1.29, 1.82) is 0 Å². The minimum atomic E-state index is -0.415. The molecule has 0 aromatic heterocycles. The van der Waals surface area contributed by atoms with Crippen LogP contribution in [0.1, 0.15) is 0 Å². The van der Waals surface area contributed by atoms with E-state index in [-0.39, 0.29) is 11.4 Å². The highest BCUT2D eigenvalue weighted by atomic mass is 32.2. The lowest BCUT2D eigenvalue weighted by molar-refractivity contribution is 0.0455. The number of ether oxygens (including phenoxy) is 1. The van der Waals surface area contributed by atoms with E-state index in [1.165, 1.54) is 11.8 Å². The number of nitrogen functional groups attached to an aromatic ring is 2. The smallest absolute Gasteiger partial charge is 0.161 e. The molecule has 0 amide bonds. The van der Waals surface area contributed by atoms with E-state index in [4.69, 9.17) is 16.2 Å². The summed E-state index contributed by atoms with van der Waals surface area (Å²) < 4.78 is 18.5. The van der Waals surface area contributed by atoms with Gasteiger partial charge in [-0.05, 0) is 12.1 Å². The summed E-state index contributed by atoms with van der Waals surface area (Å²) in [5, 5.41) is 0.340. The summed E-state index contributed by atoms with van der Waals surface area (Å²) in [6.45, 7) is 1.35. The molecule has 5 heteroatoms. The predicted octanol–water partition coefficient (Wildman–Crippen LogP) is 1.48. The van der Waals surface area contributed by atoms with E-state index in [1.54, 1.807) is 12.1 Å². The Morgan fingerprint density at radius 2 is 2.07 bits per heavy atom. The normalized spacial score (nSPS) is 16.6. The number of hydrogen-bond acceptors (Lipinski definition) is 4. The molecule has 1 fully saturated rings. The van der Waals surface area contributed by atoms with E-state index in [9.17, 15) is 4.39 Å². The molecular weight excluding hydrogens is 203 g/mol. The van der Waals surface area contributed by atoms with Crippen LogP contribution in [0.5, 0.6) is 0 Å². The Morgan fingerprint density at radius 1 is 1.36 bits per heavy atom. The first-order valence-corrected chi connectivity index (χ1v) is 5.14. The molecule has 0 radical (unpaired) electrons. The zero-order chi connectivity index (χ0) is 10.1. The fourth-order valence-corrected chi connectivity index (χ4v) is 2.19. The van der Waals surface area contributed by atoms with Crippen LogP contribution in [0.2, 0.25) is 0 Å². The van der Waals surface area contributed by atoms with Gasteiger partial charge in [-0.25, -0.2) is 4.39 Å². The highest BCUT2D eigenvalue weighted by molar-refractivity contribution is 8.00. The number of nitrogens with two attached hydrogens (primary N) is 2. The van der Waals surface area contributed by atoms with Crippen LogP contribution in [0.25, 0.3) is 0 Å². The lowest BCUT2D eigenvalue weighted by Crippen LogP contribution is -2.30. The summed E-state index contributed by atoms with van der Waals surface area (Å²) in [7, 11) is 0. The van der Waals surface area contributed by atoms with Gasteiger partial charge in [-0.2, -0.15) is 0 Å². The van der Waals surface area contributed by atoms with Crippen LogP contribution >= 0.6 is 11.8 Å². The first kappa shape index (κ1) is 9.61. The number of hydrogen-bond donors (Lipinski definition) is 2. The topological polar surface area (TPSA) is 61.3 Å². The third kappa shape index (κ3) is 1.65. The molecule has 3 nitrogen and oxygen atoms in total. The Hall–Kier alpha value is -0.940. The minimum Gasteiger partial charge on any atom is -0.397 e. The summed E-state index contributed by atoms with van der Waals surface area (Å²) in [6.07, 6.45) is 0. The second-order valence-corrected chi connectivity index (χ2v) is 4.50. The van der Waals surface area contributed by atoms with Gasteiger partial charge in [0.05, 0.1) is 29.8 Å². The molecule has 1 aliphatic heterocycles. The average molecular weight is 214 g/mol. The van der Waals surface area contributed by atoms with Gasteiger partial charge in [0, 0.05) is 4.90 Å². The van der Waals surface area contributed by atoms with Crippen molar-refractivity contribution in [3.05, 3.63) is 17.9 Å². The zero-order valence-electron chi connectivity index (χ0n) is 7.50. The lowest BCUT2D eigenvalue weighted by atomic mass is 10.2. The molecule has 0 saturated carbocycles. The maximum atomic E-state index is 13.5. The van der Waals surface area contributed by atoms with E-state index in [2.05, 4.69) is 0 Å². The molecule has 1 heterocycles. The van der Waals surface area contributed by atoms with Gasteiger partial charge in [-0.1, -0.05) is 0 Å². The number of benzene rings is 1. The summed E-state index contributed by atoms with van der Waals surface area (Å²) in [5.74, 6) is -0.415. The molecule has 0 atom stereocenters. The van der Waals surface area contributed by atoms with Crippen LogP contribution < -0.4 is 11.5 Å². The molecule has 1 aromatic carbocycles. The van der Waals surface area contributed by atoms with Crippen LogP contribution in [-0.2, 0) is 4.74 Å². The van der Waals surface area contributed by atoms with Gasteiger partial charge in [0.2, 0.25) is 0 Å². The van der Waals surface area contributed by atoms with Gasteiger partial charge in [0.1, 0.15) is 0 Å². The second-order valence-electron chi connectivity index (χ2n) is 3.16. The van der Waals surface area contributed by atoms with Gasteiger partial charge in [0.25, 0.3) is 0 Å². The van der Waals surface area contributed by atoms with E-state index < -0.39 is 5.82 Å². The Kier molecular flexibility index (Phi) is 2.52. The number of rotatable bonds is 2. The molecule has 4 N–H and O–H groups in total. The van der Waals surface area contributed by atoms with Crippen molar-refractivity contribution in [2.75, 3.05) is 24.7 Å². The van der Waals surface area contributed by atoms with Gasteiger partial charge < -0.3 is 16.2 Å². The van der Waals surface area contributed by atoms with E-state index >= 15 is 0 Å². The molecule has 14 heavy (non-hydrogen) atoms. The Bertz CT molecular complexity index is 355.